The Balaban J connectivity index is 2.03. The second-order valence-electron chi connectivity index (χ2n) is 4.01. The third-order valence-electron chi connectivity index (χ3n) is 2.86. The second-order valence-corrected chi connectivity index (χ2v) is 4.99. The Morgan fingerprint density at radius 2 is 1.65 bits per heavy atom. The number of nitrogens with zero attached hydrogens (tertiary/aromatic N) is 1. The maximum absolute atomic E-state index is 12.0. The van der Waals surface area contributed by atoms with Gasteiger partial charge in [-0.15, -0.1) is 0 Å². The molecule has 1 aromatic carbocycles. The second kappa shape index (κ2) is 5.36. The summed E-state index contributed by atoms with van der Waals surface area (Å²) in [6.45, 7) is 0.535. The maximum Gasteiger partial charge on any atom is 0.261 e. The van der Waals surface area contributed by atoms with Crippen LogP contribution in [0.5, 0.6) is 0 Å². The fourth-order valence-corrected chi connectivity index (χ4v) is 2.45. The summed E-state index contributed by atoms with van der Waals surface area (Å²) in [6, 6.07) is 7.03. The number of hydrogen-bond acceptors (Lipinski definition) is 3. The number of carbonyl (C=O) groups excluding carboxylic acids is 2. The molecule has 1 aliphatic heterocycles. The molecular weight excluding hydrogens is 234 g/mol. The van der Waals surface area contributed by atoms with Gasteiger partial charge in [0.1, 0.15) is 0 Å². The first-order valence-corrected chi connectivity index (χ1v) is 7.09. The summed E-state index contributed by atoms with van der Waals surface area (Å²) < 4.78 is 0. The zero-order valence-electron chi connectivity index (χ0n) is 9.81. The zero-order chi connectivity index (χ0) is 12.3. The van der Waals surface area contributed by atoms with Gasteiger partial charge < -0.3 is 0 Å². The first kappa shape index (κ1) is 12.2. The highest BCUT2D eigenvalue weighted by molar-refractivity contribution is 7.98. The van der Waals surface area contributed by atoms with Crippen LogP contribution in [0.4, 0.5) is 0 Å². The smallest absolute Gasteiger partial charge is 0.261 e. The van der Waals surface area contributed by atoms with Gasteiger partial charge in [-0.1, -0.05) is 12.1 Å². The standard InChI is InChI=1S/C13H15NO2S/c1-17-9-5-4-8-14-12(15)10-6-2-3-7-11(10)13(14)16/h2-3,6-7H,4-5,8-9H2,1H3. The Morgan fingerprint density at radius 3 is 2.18 bits per heavy atom. The zero-order valence-corrected chi connectivity index (χ0v) is 10.6. The predicted octanol–water partition coefficient (Wildman–Crippen LogP) is 2.43. The predicted molar refractivity (Wildman–Crippen MR) is 69.4 cm³/mol. The summed E-state index contributed by atoms with van der Waals surface area (Å²) in [5.41, 5.74) is 1.09. The van der Waals surface area contributed by atoms with Gasteiger partial charge in [0, 0.05) is 6.54 Å². The molecule has 2 amide bonds. The summed E-state index contributed by atoms with van der Waals surface area (Å²) in [5.74, 6) is 0.785. The van der Waals surface area contributed by atoms with E-state index in [2.05, 4.69) is 6.26 Å². The Hall–Kier alpha value is -1.29. The number of carbonyl (C=O) groups is 2. The van der Waals surface area contributed by atoms with E-state index in [4.69, 9.17) is 0 Å². The SMILES string of the molecule is CSCCCCN1C(=O)c2ccccc2C1=O. The van der Waals surface area contributed by atoms with E-state index in [0.29, 0.717) is 17.7 Å². The lowest BCUT2D eigenvalue weighted by molar-refractivity contribution is 0.0652. The van der Waals surface area contributed by atoms with Crippen molar-refractivity contribution in [2.24, 2.45) is 0 Å². The van der Waals surface area contributed by atoms with Crippen molar-refractivity contribution in [3.8, 4) is 0 Å². The molecule has 2 rings (SSSR count). The van der Waals surface area contributed by atoms with Crippen molar-refractivity contribution < 1.29 is 9.59 Å². The minimum absolute atomic E-state index is 0.144. The summed E-state index contributed by atoms with van der Waals surface area (Å²) in [6.07, 6.45) is 3.98. The van der Waals surface area contributed by atoms with Gasteiger partial charge in [-0.05, 0) is 37.0 Å². The molecule has 0 saturated heterocycles. The van der Waals surface area contributed by atoms with Crippen molar-refractivity contribution in [1.29, 1.82) is 0 Å². The average molecular weight is 249 g/mol. The lowest BCUT2D eigenvalue weighted by Crippen LogP contribution is -2.30. The first-order chi connectivity index (χ1) is 8.25. The van der Waals surface area contributed by atoms with Crippen molar-refractivity contribution in [3.63, 3.8) is 0 Å². The van der Waals surface area contributed by atoms with Crippen LogP contribution in [0.2, 0.25) is 0 Å². The molecule has 0 aliphatic carbocycles. The molecule has 0 aromatic heterocycles. The van der Waals surface area contributed by atoms with Gasteiger partial charge >= 0.3 is 0 Å². The van der Waals surface area contributed by atoms with Gasteiger partial charge in [-0.2, -0.15) is 11.8 Å². The number of unbranched alkanes of at least 4 members (excludes halogenated alkanes) is 1. The monoisotopic (exact) mass is 249 g/mol. The van der Waals surface area contributed by atoms with E-state index < -0.39 is 0 Å². The van der Waals surface area contributed by atoms with E-state index in [0.717, 1.165) is 18.6 Å². The number of hydrogen-bond donors (Lipinski definition) is 0. The summed E-state index contributed by atoms with van der Waals surface area (Å²) in [4.78, 5) is 25.3. The van der Waals surface area contributed by atoms with Gasteiger partial charge in [0.15, 0.2) is 0 Å². The van der Waals surface area contributed by atoms with Crippen LogP contribution in [0, 0.1) is 0 Å². The molecule has 3 nitrogen and oxygen atoms in total. The topological polar surface area (TPSA) is 37.4 Å². The molecule has 17 heavy (non-hydrogen) atoms. The molecular formula is C13H15NO2S. The molecule has 0 fully saturated rings. The van der Waals surface area contributed by atoms with E-state index in [-0.39, 0.29) is 11.8 Å². The summed E-state index contributed by atoms with van der Waals surface area (Å²) >= 11 is 1.78. The highest BCUT2D eigenvalue weighted by atomic mass is 32.2. The van der Waals surface area contributed by atoms with Gasteiger partial charge in [-0.3, -0.25) is 14.5 Å². The molecule has 4 heteroatoms. The van der Waals surface area contributed by atoms with E-state index in [1.165, 1.54) is 4.90 Å². The van der Waals surface area contributed by atoms with Crippen LogP contribution in [-0.4, -0.2) is 35.3 Å². The van der Waals surface area contributed by atoms with Crippen LogP contribution >= 0.6 is 11.8 Å². The van der Waals surface area contributed by atoms with E-state index in [1.54, 1.807) is 36.0 Å². The normalized spacial score (nSPS) is 14.3. The van der Waals surface area contributed by atoms with E-state index in [1.807, 2.05) is 0 Å². The largest absolute Gasteiger partial charge is 0.274 e. The fraction of sp³-hybridized carbons (Fsp3) is 0.385. The first-order valence-electron chi connectivity index (χ1n) is 5.70. The molecule has 0 saturated carbocycles. The highest BCUT2D eigenvalue weighted by Gasteiger charge is 2.34. The fourth-order valence-electron chi connectivity index (χ4n) is 1.96. The van der Waals surface area contributed by atoms with E-state index >= 15 is 0 Å². The molecule has 0 unspecified atom stereocenters. The Kier molecular flexibility index (Phi) is 3.84. The minimum atomic E-state index is -0.144. The number of amides is 2. The molecule has 90 valence electrons. The number of rotatable bonds is 5. The Labute approximate surface area is 105 Å². The van der Waals surface area contributed by atoms with Crippen molar-refractivity contribution in [3.05, 3.63) is 35.4 Å². The van der Waals surface area contributed by atoms with Crippen molar-refractivity contribution in [2.75, 3.05) is 18.6 Å². The Bertz CT molecular complexity index is 410. The number of fused-ring (bicyclic) bond motifs is 1. The average Bonchev–Trinajstić information content (AvgIpc) is 2.60. The highest BCUT2D eigenvalue weighted by Crippen LogP contribution is 2.22. The number of thioether (sulfide) groups is 1. The third-order valence-corrected chi connectivity index (χ3v) is 3.56. The van der Waals surface area contributed by atoms with Crippen LogP contribution in [0.15, 0.2) is 24.3 Å². The molecule has 1 heterocycles. The molecule has 0 atom stereocenters. The number of imide groups is 1. The Morgan fingerprint density at radius 1 is 1.06 bits per heavy atom. The molecule has 0 N–H and O–H groups in total. The quantitative estimate of drug-likeness (QED) is 0.594. The third kappa shape index (κ3) is 2.36. The molecule has 0 spiro atoms. The van der Waals surface area contributed by atoms with Gasteiger partial charge in [0.2, 0.25) is 0 Å². The van der Waals surface area contributed by atoms with Crippen LogP contribution in [0.3, 0.4) is 0 Å². The molecule has 0 bridgehead atoms. The van der Waals surface area contributed by atoms with Crippen molar-refractivity contribution in [1.82, 2.24) is 4.90 Å². The van der Waals surface area contributed by atoms with Gasteiger partial charge in [-0.25, -0.2) is 0 Å². The van der Waals surface area contributed by atoms with Gasteiger partial charge in [0.25, 0.3) is 11.8 Å². The lowest BCUT2D eigenvalue weighted by atomic mass is 10.1. The van der Waals surface area contributed by atoms with Crippen LogP contribution in [0.25, 0.3) is 0 Å². The molecule has 1 aliphatic rings. The molecule has 1 aromatic rings. The van der Waals surface area contributed by atoms with E-state index in [9.17, 15) is 9.59 Å². The van der Waals surface area contributed by atoms with Crippen molar-refractivity contribution in [2.45, 2.75) is 12.8 Å². The maximum atomic E-state index is 12.0. The number of benzene rings is 1. The minimum Gasteiger partial charge on any atom is -0.274 e. The molecule has 0 radical (unpaired) electrons. The lowest BCUT2D eigenvalue weighted by Gasteiger charge is -2.12. The van der Waals surface area contributed by atoms with Crippen molar-refractivity contribution >= 4 is 23.6 Å². The summed E-state index contributed by atoms with van der Waals surface area (Å²) in [7, 11) is 0. The summed E-state index contributed by atoms with van der Waals surface area (Å²) in [5, 5.41) is 0. The van der Waals surface area contributed by atoms with Crippen LogP contribution in [0.1, 0.15) is 33.6 Å². The van der Waals surface area contributed by atoms with Gasteiger partial charge in [0.05, 0.1) is 11.1 Å². The van der Waals surface area contributed by atoms with Crippen LogP contribution in [-0.2, 0) is 0 Å². The van der Waals surface area contributed by atoms with Crippen LogP contribution < -0.4 is 0 Å².